The fraction of sp³-hybridized carbons (Fsp3) is 0.400. The van der Waals surface area contributed by atoms with Crippen LogP contribution in [0.25, 0.3) is 10.9 Å². The number of rotatable bonds is 8. The molecule has 3 aromatic rings. The third-order valence-corrected chi connectivity index (χ3v) is 7.58. The number of fused-ring (bicyclic) bond motifs is 2. The molecule has 0 spiro atoms. The molecule has 0 aliphatic carbocycles. The fourth-order valence-corrected chi connectivity index (χ4v) is 5.26. The van der Waals surface area contributed by atoms with Gasteiger partial charge in [-0.25, -0.2) is 9.97 Å². The summed E-state index contributed by atoms with van der Waals surface area (Å²) in [6.07, 6.45) is 3.62. The minimum absolute atomic E-state index is 0. The summed E-state index contributed by atoms with van der Waals surface area (Å²) in [6.45, 7) is 2.74. The van der Waals surface area contributed by atoms with Crippen LogP contribution in [0.15, 0.2) is 41.6 Å². The lowest BCUT2D eigenvalue weighted by Gasteiger charge is -2.45. The number of nitrogens with zero attached hydrogens (tertiary/aromatic N) is 3. The topological polar surface area (TPSA) is 129 Å². The summed E-state index contributed by atoms with van der Waals surface area (Å²) in [5.74, 6) is 0.115. The maximum absolute atomic E-state index is 13.0. The molecule has 3 heterocycles. The lowest BCUT2D eigenvalue weighted by molar-refractivity contribution is -0.888. The monoisotopic (exact) mass is 548 g/mol. The Balaban J connectivity index is 0.00000320. The third kappa shape index (κ3) is 5.62. The average molecular weight is 549 g/mol. The van der Waals surface area contributed by atoms with Crippen LogP contribution in [0.2, 0.25) is 0 Å². The molecule has 1 fully saturated rings. The Morgan fingerprint density at radius 2 is 1.97 bits per heavy atom. The van der Waals surface area contributed by atoms with Gasteiger partial charge in [0.2, 0.25) is 5.91 Å². The summed E-state index contributed by atoms with van der Waals surface area (Å²) in [5.41, 5.74) is 2.54. The Morgan fingerprint density at radius 3 is 2.70 bits per heavy atom. The zero-order valence-corrected chi connectivity index (χ0v) is 22.2. The van der Waals surface area contributed by atoms with E-state index in [1.807, 2.05) is 0 Å². The summed E-state index contributed by atoms with van der Waals surface area (Å²) in [5, 5.41) is 16.2. The molecule has 2 atom stereocenters. The summed E-state index contributed by atoms with van der Waals surface area (Å²) < 4.78 is 28.6. The highest BCUT2D eigenvalue weighted by molar-refractivity contribution is 7.90. The molecule has 2 unspecified atom stereocenters. The summed E-state index contributed by atoms with van der Waals surface area (Å²) in [4.78, 5) is 22.5. The molecular weight excluding hydrogens is 520 g/mol. The van der Waals surface area contributed by atoms with Crippen molar-refractivity contribution in [2.24, 2.45) is 0 Å². The predicted molar refractivity (Wildman–Crippen MR) is 142 cm³/mol. The number of aromatic nitrogens is 2. The summed E-state index contributed by atoms with van der Waals surface area (Å²) in [6, 6.07) is 8.84. The van der Waals surface area contributed by atoms with Crippen molar-refractivity contribution in [3.05, 3.63) is 53.1 Å². The van der Waals surface area contributed by atoms with E-state index >= 15 is 0 Å². The SMILES string of the molecule is COc1cc2c(C3C(=O)Nc4ccc([S+](C)[O-])cc43)ncnc2cc1OCCC[N+]1([O-])CCOCC1.Cl. The van der Waals surface area contributed by atoms with E-state index in [0.29, 0.717) is 84.6 Å². The van der Waals surface area contributed by atoms with Crippen LogP contribution in [0, 0.1) is 5.21 Å². The standard InChI is InChI=1S/C25H28N4O6S.ClH/c1-33-21-13-18-20(14-22(21)35-9-3-6-29(31)7-10-34-11-8-29)26-15-27-24(18)23-17-12-16(36(2)32)4-5-19(17)28-25(23)30;/h4-5,12-15,23H,3,6-11H2,1-2H3,(H,28,30);1H. The molecule has 1 aromatic heterocycles. The molecule has 5 rings (SSSR count). The smallest absolute Gasteiger partial charge is 0.238 e. The van der Waals surface area contributed by atoms with Crippen molar-refractivity contribution in [2.45, 2.75) is 17.2 Å². The van der Waals surface area contributed by atoms with Crippen LogP contribution in [0.1, 0.15) is 23.6 Å². The molecule has 37 heavy (non-hydrogen) atoms. The molecule has 2 aromatic carbocycles. The van der Waals surface area contributed by atoms with Crippen LogP contribution in [-0.2, 0) is 20.7 Å². The van der Waals surface area contributed by atoms with Gasteiger partial charge in [0.05, 0.1) is 44.7 Å². The van der Waals surface area contributed by atoms with Gasteiger partial charge in [0.15, 0.2) is 16.4 Å². The second-order valence-corrected chi connectivity index (χ2v) is 10.3. The van der Waals surface area contributed by atoms with E-state index in [-0.39, 0.29) is 23.0 Å². The van der Waals surface area contributed by atoms with Crippen LogP contribution in [-0.4, -0.2) is 77.9 Å². The number of halogens is 1. The Hall–Kier alpha value is -2.67. The van der Waals surface area contributed by atoms with Gasteiger partial charge in [-0.3, -0.25) is 4.79 Å². The first-order valence-corrected chi connectivity index (χ1v) is 13.3. The van der Waals surface area contributed by atoms with Gasteiger partial charge in [-0.15, -0.1) is 12.4 Å². The van der Waals surface area contributed by atoms with Gasteiger partial charge in [0, 0.05) is 23.6 Å². The number of methoxy groups -OCH3 is 1. The number of quaternary nitrogens is 1. The number of morpholine rings is 1. The molecule has 2 aliphatic rings. The van der Waals surface area contributed by atoms with Gasteiger partial charge in [0.25, 0.3) is 0 Å². The van der Waals surface area contributed by atoms with Gasteiger partial charge in [-0.1, -0.05) is 0 Å². The third-order valence-electron chi connectivity index (χ3n) is 6.66. The van der Waals surface area contributed by atoms with Crippen molar-refractivity contribution < 1.29 is 28.2 Å². The van der Waals surface area contributed by atoms with Gasteiger partial charge in [-0.05, 0) is 41.0 Å². The highest BCUT2D eigenvalue weighted by atomic mass is 35.5. The van der Waals surface area contributed by atoms with Crippen LogP contribution in [0.5, 0.6) is 11.5 Å². The lowest BCUT2D eigenvalue weighted by Crippen LogP contribution is -2.51. The number of carbonyl (C=O) groups is 1. The molecule has 0 radical (unpaired) electrons. The number of carbonyl (C=O) groups excluding carboxylic acids is 1. The highest BCUT2D eigenvalue weighted by Crippen LogP contribution is 2.41. The normalized spacial score (nSPS) is 19.0. The number of hydrogen-bond donors (Lipinski definition) is 1. The lowest BCUT2D eigenvalue weighted by atomic mass is 9.94. The first kappa shape index (κ1) is 27.4. The first-order chi connectivity index (χ1) is 17.4. The summed E-state index contributed by atoms with van der Waals surface area (Å²) >= 11 is -1.18. The Labute approximate surface area is 224 Å². The number of benzene rings is 2. The van der Waals surface area contributed by atoms with Gasteiger partial charge >= 0.3 is 0 Å². The van der Waals surface area contributed by atoms with E-state index in [1.54, 1.807) is 43.7 Å². The van der Waals surface area contributed by atoms with Gasteiger partial charge < -0.3 is 33.9 Å². The number of ether oxygens (including phenoxy) is 3. The minimum atomic E-state index is -1.18. The van der Waals surface area contributed by atoms with Crippen molar-refractivity contribution in [1.29, 1.82) is 0 Å². The maximum atomic E-state index is 13.0. The van der Waals surface area contributed by atoms with Crippen molar-refractivity contribution >= 4 is 46.1 Å². The van der Waals surface area contributed by atoms with Crippen LogP contribution < -0.4 is 14.8 Å². The van der Waals surface area contributed by atoms with E-state index < -0.39 is 17.1 Å². The molecule has 10 nitrogen and oxygen atoms in total. The van der Waals surface area contributed by atoms with Crippen LogP contribution >= 0.6 is 12.4 Å². The number of amides is 1. The van der Waals surface area contributed by atoms with E-state index in [4.69, 9.17) is 14.2 Å². The Bertz CT molecular complexity index is 1290. The second-order valence-electron chi connectivity index (χ2n) is 8.95. The molecule has 1 saturated heterocycles. The highest BCUT2D eigenvalue weighted by Gasteiger charge is 2.35. The fourth-order valence-electron chi connectivity index (χ4n) is 4.71. The number of hydrogen-bond acceptors (Lipinski definition) is 8. The molecule has 0 bridgehead atoms. The van der Waals surface area contributed by atoms with E-state index in [0.717, 1.165) is 5.56 Å². The summed E-state index contributed by atoms with van der Waals surface area (Å²) in [7, 11) is 1.55. The van der Waals surface area contributed by atoms with Crippen LogP contribution in [0.4, 0.5) is 5.69 Å². The van der Waals surface area contributed by atoms with Gasteiger partial charge in [0.1, 0.15) is 31.6 Å². The molecule has 2 aliphatic heterocycles. The minimum Gasteiger partial charge on any atom is -0.633 e. The van der Waals surface area contributed by atoms with Crippen molar-refractivity contribution in [3.63, 3.8) is 0 Å². The average Bonchev–Trinajstić information content (AvgIpc) is 3.20. The van der Waals surface area contributed by atoms with E-state index in [2.05, 4.69) is 15.3 Å². The molecular formula is C25H29ClN4O6S. The van der Waals surface area contributed by atoms with E-state index in [1.165, 1.54) is 6.33 Å². The largest absolute Gasteiger partial charge is 0.633 e. The Morgan fingerprint density at radius 1 is 1.19 bits per heavy atom. The first-order valence-electron chi connectivity index (χ1n) is 11.8. The Kier molecular flexibility index (Phi) is 8.42. The zero-order valence-electron chi connectivity index (χ0n) is 20.6. The predicted octanol–water partition coefficient (Wildman–Crippen LogP) is 3.00. The van der Waals surface area contributed by atoms with Crippen LogP contribution in [0.3, 0.4) is 0 Å². The van der Waals surface area contributed by atoms with E-state index in [9.17, 15) is 14.6 Å². The molecule has 1 N–H and O–H groups in total. The molecule has 12 heteroatoms. The number of nitrogens with one attached hydrogen (secondary N) is 1. The number of hydroxylamine groups is 3. The molecule has 198 valence electrons. The second kappa shape index (κ2) is 11.4. The molecule has 1 amide bonds. The van der Waals surface area contributed by atoms with Crippen molar-refractivity contribution in [2.75, 3.05) is 58.1 Å². The van der Waals surface area contributed by atoms with Crippen molar-refractivity contribution in [3.8, 4) is 11.5 Å². The van der Waals surface area contributed by atoms with Crippen molar-refractivity contribution in [1.82, 2.24) is 9.97 Å². The maximum Gasteiger partial charge on any atom is 0.238 e. The number of anilines is 1. The molecule has 0 saturated carbocycles. The van der Waals surface area contributed by atoms with Gasteiger partial charge in [-0.2, -0.15) is 0 Å². The zero-order chi connectivity index (χ0) is 25.3. The quantitative estimate of drug-likeness (QED) is 0.197.